The number of rotatable bonds is 1. The van der Waals surface area contributed by atoms with Gasteiger partial charge in [-0.05, 0) is 18.2 Å². The van der Waals surface area contributed by atoms with Crippen LogP contribution in [0.1, 0.15) is 15.9 Å². The average Bonchev–Trinajstić information content (AvgIpc) is 2.39. The minimum Gasteiger partial charge on any atom is -0.298 e. The van der Waals surface area contributed by atoms with Gasteiger partial charge in [-0.1, -0.05) is 30.3 Å². The van der Waals surface area contributed by atoms with E-state index in [4.69, 9.17) is 0 Å². The summed E-state index contributed by atoms with van der Waals surface area (Å²) in [5.41, 5.74) is -0.767. The molecule has 0 heterocycles. The molecule has 0 spiro atoms. The molecule has 0 aliphatic rings. The summed E-state index contributed by atoms with van der Waals surface area (Å²) in [5, 5.41) is 0. The fourth-order valence-electron chi connectivity index (χ4n) is 1.16. The molecular formula is C14H9F4O. The second-order valence-corrected chi connectivity index (χ2v) is 3.45. The number of hydrogen-bond acceptors (Lipinski definition) is 1. The summed E-state index contributed by atoms with van der Waals surface area (Å²) in [4.78, 5) is 10.1. The maximum absolute atomic E-state index is 12.0. The maximum Gasteiger partial charge on any atom is 0.416 e. The van der Waals surface area contributed by atoms with E-state index in [-0.39, 0.29) is 11.4 Å². The molecule has 0 bridgehead atoms. The van der Waals surface area contributed by atoms with Crippen LogP contribution in [0.3, 0.4) is 0 Å². The van der Waals surface area contributed by atoms with Gasteiger partial charge in [0.25, 0.3) is 0 Å². The highest BCUT2D eigenvalue weighted by Crippen LogP contribution is 2.29. The van der Waals surface area contributed by atoms with Crippen LogP contribution in [-0.2, 0) is 6.18 Å². The van der Waals surface area contributed by atoms with Crippen LogP contribution in [0, 0.1) is 11.9 Å². The zero-order valence-electron chi connectivity index (χ0n) is 9.62. The molecule has 1 nitrogen and oxygen atoms in total. The molecule has 2 rings (SSSR count). The van der Waals surface area contributed by atoms with Gasteiger partial charge in [0.05, 0.1) is 5.56 Å². The molecule has 99 valence electrons. The lowest BCUT2D eigenvalue weighted by molar-refractivity contribution is -0.137. The monoisotopic (exact) mass is 269 g/mol. The van der Waals surface area contributed by atoms with Crippen molar-refractivity contribution in [3.8, 4) is 0 Å². The van der Waals surface area contributed by atoms with Crippen molar-refractivity contribution in [2.45, 2.75) is 6.18 Å². The van der Waals surface area contributed by atoms with Crippen molar-refractivity contribution in [2.24, 2.45) is 0 Å². The normalized spacial score (nSPS) is 10.3. The van der Waals surface area contributed by atoms with Crippen LogP contribution in [0.2, 0.25) is 0 Å². The Balaban J connectivity index is 0.000000218. The van der Waals surface area contributed by atoms with E-state index in [2.05, 4.69) is 6.07 Å². The number of carbonyl (C=O) groups excluding carboxylic acids is 1. The molecular weight excluding hydrogens is 260 g/mol. The number of aldehydes is 1. The van der Waals surface area contributed by atoms with Crippen LogP contribution in [-0.4, -0.2) is 6.29 Å². The van der Waals surface area contributed by atoms with Crippen molar-refractivity contribution in [3.63, 3.8) is 0 Å². The Bertz CT molecular complexity index is 520. The highest BCUT2D eigenvalue weighted by atomic mass is 19.4. The topological polar surface area (TPSA) is 17.1 Å². The van der Waals surface area contributed by atoms with Gasteiger partial charge in [0.2, 0.25) is 0 Å². The van der Waals surface area contributed by atoms with Gasteiger partial charge in [0, 0.05) is 11.6 Å². The van der Waals surface area contributed by atoms with Crippen LogP contribution < -0.4 is 0 Å². The van der Waals surface area contributed by atoms with Crippen LogP contribution in [0.5, 0.6) is 0 Å². The largest absolute Gasteiger partial charge is 0.416 e. The first-order valence-electron chi connectivity index (χ1n) is 5.18. The Labute approximate surface area is 107 Å². The predicted molar refractivity (Wildman–Crippen MR) is 62.1 cm³/mol. The summed E-state index contributed by atoms with van der Waals surface area (Å²) < 4.78 is 47.8. The second kappa shape index (κ2) is 6.68. The molecule has 0 saturated heterocycles. The third kappa shape index (κ3) is 5.33. The first kappa shape index (κ1) is 14.9. The molecule has 0 fully saturated rings. The number of carbonyl (C=O) groups is 1. The van der Waals surface area contributed by atoms with Gasteiger partial charge in [-0.15, -0.1) is 0 Å². The maximum atomic E-state index is 12.0. The van der Waals surface area contributed by atoms with Crippen molar-refractivity contribution in [1.82, 2.24) is 0 Å². The van der Waals surface area contributed by atoms with Gasteiger partial charge >= 0.3 is 6.18 Å². The fourth-order valence-corrected chi connectivity index (χ4v) is 1.16. The van der Waals surface area contributed by atoms with E-state index in [1.54, 1.807) is 12.1 Å². The van der Waals surface area contributed by atoms with Crippen molar-refractivity contribution >= 4 is 6.29 Å². The molecule has 19 heavy (non-hydrogen) atoms. The van der Waals surface area contributed by atoms with Crippen molar-refractivity contribution in [1.29, 1.82) is 0 Å². The molecule has 5 heteroatoms. The van der Waals surface area contributed by atoms with Crippen molar-refractivity contribution < 1.29 is 22.4 Å². The molecule has 0 amide bonds. The quantitative estimate of drug-likeness (QED) is 0.561. The second-order valence-electron chi connectivity index (χ2n) is 3.45. The van der Waals surface area contributed by atoms with Crippen LogP contribution in [0.4, 0.5) is 17.6 Å². The van der Waals surface area contributed by atoms with E-state index in [0.29, 0.717) is 6.29 Å². The molecule has 2 aromatic rings. The van der Waals surface area contributed by atoms with Gasteiger partial charge in [-0.2, -0.15) is 13.2 Å². The summed E-state index contributed by atoms with van der Waals surface area (Å²) in [6, 6.07) is 12.9. The lowest BCUT2D eigenvalue weighted by atomic mass is 10.1. The lowest BCUT2D eigenvalue weighted by Gasteiger charge is -2.05. The van der Waals surface area contributed by atoms with E-state index < -0.39 is 11.7 Å². The summed E-state index contributed by atoms with van der Waals surface area (Å²) in [6.07, 6.45) is -3.99. The molecule has 0 aromatic heterocycles. The third-order valence-corrected chi connectivity index (χ3v) is 2.02. The Morgan fingerprint density at radius 2 is 1.79 bits per heavy atom. The zero-order valence-corrected chi connectivity index (χ0v) is 9.62. The Morgan fingerprint density at radius 3 is 2.21 bits per heavy atom. The van der Waals surface area contributed by atoms with Gasteiger partial charge < -0.3 is 0 Å². The van der Waals surface area contributed by atoms with Crippen molar-refractivity contribution in [3.05, 3.63) is 71.5 Å². The number of alkyl halides is 3. The van der Waals surface area contributed by atoms with E-state index in [1.165, 1.54) is 24.3 Å². The number of hydrogen-bond donors (Lipinski definition) is 0. The Kier molecular flexibility index (Phi) is 5.23. The molecule has 1 radical (unpaired) electrons. The molecule has 0 unspecified atom stereocenters. The highest BCUT2D eigenvalue weighted by molar-refractivity contribution is 5.74. The van der Waals surface area contributed by atoms with E-state index in [9.17, 15) is 22.4 Å². The zero-order chi connectivity index (χ0) is 14.3. The van der Waals surface area contributed by atoms with Gasteiger partial charge in [-0.25, -0.2) is 4.39 Å². The molecule has 2 aromatic carbocycles. The number of benzene rings is 2. The summed E-state index contributed by atoms with van der Waals surface area (Å²) in [5.74, 6) is -0.303. The van der Waals surface area contributed by atoms with E-state index in [0.717, 1.165) is 12.1 Å². The fraction of sp³-hybridized carbons (Fsp3) is 0.0714. The van der Waals surface area contributed by atoms with Crippen LogP contribution in [0.15, 0.2) is 48.5 Å². The third-order valence-electron chi connectivity index (χ3n) is 2.02. The first-order chi connectivity index (χ1) is 8.93. The first-order valence-corrected chi connectivity index (χ1v) is 5.18. The number of halogens is 4. The average molecular weight is 269 g/mol. The standard InChI is InChI=1S/C8H5F3O.C6H4F/c9-8(10,11)7-3-1-2-6(4-7)5-12;7-6-4-2-1-3-5-6/h1-5H;1-4H. The van der Waals surface area contributed by atoms with Crippen LogP contribution >= 0.6 is 0 Å². The van der Waals surface area contributed by atoms with Crippen LogP contribution in [0.25, 0.3) is 0 Å². The van der Waals surface area contributed by atoms with E-state index in [1.807, 2.05) is 0 Å². The minimum atomic E-state index is -4.38. The van der Waals surface area contributed by atoms with Gasteiger partial charge in [0.1, 0.15) is 12.1 Å². The summed E-state index contributed by atoms with van der Waals surface area (Å²) >= 11 is 0. The smallest absolute Gasteiger partial charge is 0.298 e. The lowest BCUT2D eigenvalue weighted by Crippen LogP contribution is -2.04. The van der Waals surface area contributed by atoms with Crippen molar-refractivity contribution in [2.75, 3.05) is 0 Å². The molecule has 0 N–H and O–H groups in total. The summed E-state index contributed by atoms with van der Waals surface area (Å²) in [6.45, 7) is 0. The summed E-state index contributed by atoms with van der Waals surface area (Å²) in [7, 11) is 0. The minimum absolute atomic E-state index is 0.0322. The van der Waals surface area contributed by atoms with Gasteiger partial charge in [0.15, 0.2) is 0 Å². The molecule has 0 aliphatic heterocycles. The predicted octanol–water partition coefficient (Wildman–Crippen LogP) is 4.14. The van der Waals surface area contributed by atoms with Gasteiger partial charge in [-0.3, -0.25) is 4.79 Å². The SMILES string of the molecule is Fc1[c]cccc1.O=Cc1cccc(C(F)(F)F)c1. The van der Waals surface area contributed by atoms with E-state index >= 15 is 0 Å². The molecule has 0 atom stereocenters. The molecule has 0 saturated carbocycles. The Morgan fingerprint density at radius 1 is 1.05 bits per heavy atom. The Hall–Kier alpha value is -2.17. The molecule has 0 aliphatic carbocycles. The highest BCUT2D eigenvalue weighted by Gasteiger charge is 2.30.